The van der Waals surface area contributed by atoms with Gasteiger partial charge in [0.25, 0.3) is 10.0 Å². The number of amides is 2. The number of hydrogen-bond acceptors (Lipinski definition) is 5. The molecule has 0 bridgehead atoms. The zero-order valence-corrected chi connectivity index (χ0v) is 26.6. The van der Waals surface area contributed by atoms with Crippen LogP contribution in [0.2, 0.25) is 0 Å². The van der Waals surface area contributed by atoms with E-state index in [1.807, 2.05) is 61.5 Å². The highest BCUT2D eigenvalue weighted by Crippen LogP contribution is 2.34. The fraction of sp³-hybridized carbons (Fsp3) is 0.212. The zero-order chi connectivity index (χ0) is 31.0. The minimum atomic E-state index is -4.22. The van der Waals surface area contributed by atoms with Gasteiger partial charge in [0.2, 0.25) is 11.8 Å². The molecule has 1 N–H and O–H groups in total. The Labute approximate surface area is 261 Å². The summed E-state index contributed by atoms with van der Waals surface area (Å²) >= 11 is 3.48. The lowest BCUT2D eigenvalue weighted by Gasteiger charge is -2.34. The van der Waals surface area contributed by atoms with E-state index in [1.54, 1.807) is 36.4 Å². The number of carbonyl (C=O) groups excluding carboxylic acids is 2. The van der Waals surface area contributed by atoms with E-state index in [2.05, 4.69) is 21.2 Å². The van der Waals surface area contributed by atoms with E-state index in [4.69, 9.17) is 4.74 Å². The van der Waals surface area contributed by atoms with Crippen LogP contribution in [0.4, 0.5) is 5.69 Å². The Kier molecular flexibility index (Phi) is 10.6. The summed E-state index contributed by atoms with van der Waals surface area (Å²) < 4.78 is 35.7. The van der Waals surface area contributed by atoms with Crippen LogP contribution in [0.5, 0.6) is 5.75 Å². The molecule has 0 aromatic heterocycles. The van der Waals surface area contributed by atoms with E-state index in [9.17, 15) is 18.0 Å². The lowest BCUT2D eigenvalue weighted by atomic mass is 10.0. The number of likely N-dealkylation sites (N-methyl/N-ethyl adjacent to an activating group) is 1. The summed E-state index contributed by atoms with van der Waals surface area (Å²) in [6, 6.07) is 29.0. The van der Waals surface area contributed by atoms with Crippen molar-refractivity contribution in [3.8, 4) is 5.75 Å². The van der Waals surface area contributed by atoms with Gasteiger partial charge in [0.15, 0.2) is 0 Å². The molecule has 2 amide bonds. The molecule has 4 aromatic carbocycles. The Bertz CT molecular complexity index is 1670. The molecular weight excluding hydrogens is 630 g/mol. The van der Waals surface area contributed by atoms with Gasteiger partial charge in [0, 0.05) is 24.5 Å². The number of nitrogens with one attached hydrogen (secondary N) is 1. The maximum absolute atomic E-state index is 14.4. The fourth-order valence-corrected chi connectivity index (χ4v) is 6.66. The van der Waals surface area contributed by atoms with Gasteiger partial charge in [-0.3, -0.25) is 13.9 Å². The number of sulfonamides is 1. The number of rotatable bonds is 12. The van der Waals surface area contributed by atoms with Crippen LogP contribution in [0.3, 0.4) is 0 Å². The average Bonchev–Trinajstić information content (AvgIpc) is 3.02. The normalized spacial score (nSPS) is 11.8. The van der Waals surface area contributed by atoms with Crippen molar-refractivity contribution in [1.82, 2.24) is 10.2 Å². The van der Waals surface area contributed by atoms with E-state index >= 15 is 0 Å². The van der Waals surface area contributed by atoms with E-state index in [0.717, 1.165) is 25.5 Å². The smallest absolute Gasteiger partial charge is 0.264 e. The van der Waals surface area contributed by atoms with E-state index in [-0.39, 0.29) is 29.5 Å². The molecule has 224 valence electrons. The maximum Gasteiger partial charge on any atom is 0.264 e. The Morgan fingerprint density at radius 1 is 0.884 bits per heavy atom. The average molecular weight is 665 g/mol. The molecule has 0 aliphatic heterocycles. The van der Waals surface area contributed by atoms with Crippen molar-refractivity contribution in [3.63, 3.8) is 0 Å². The van der Waals surface area contributed by atoms with E-state index in [1.165, 1.54) is 31.2 Å². The van der Waals surface area contributed by atoms with Crippen LogP contribution in [0.25, 0.3) is 0 Å². The van der Waals surface area contributed by atoms with Crippen LogP contribution in [0.1, 0.15) is 16.7 Å². The second-order valence-electron chi connectivity index (χ2n) is 9.97. The van der Waals surface area contributed by atoms with Crippen molar-refractivity contribution in [2.75, 3.05) is 25.0 Å². The molecule has 0 fully saturated rings. The Morgan fingerprint density at radius 3 is 2.16 bits per heavy atom. The molecule has 0 aliphatic rings. The van der Waals surface area contributed by atoms with Gasteiger partial charge in [-0.25, -0.2) is 8.42 Å². The molecule has 0 aliphatic carbocycles. The number of halogens is 1. The van der Waals surface area contributed by atoms with E-state index in [0.29, 0.717) is 5.75 Å². The second-order valence-corrected chi connectivity index (χ2v) is 12.7. The van der Waals surface area contributed by atoms with Crippen LogP contribution in [-0.4, -0.2) is 51.9 Å². The van der Waals surface area contributed by atoms with Crippen molar-refractivity contribution >= 4 is 43.5 Å². The number of benzene rings is 4. The SMILES string of the molecule is CNC(=O)C(Cc1ccccc1)N(Cc1cccc(Br)c1)C(=O)CN(c1cc(C)ccc1OC)S(=O)(=O)c1ccccc1. The maximum atomic E-state index is 14.4. The molecular formula is C33H34BrN3O5S. The number of aryl methyl sites for hydroxylation is 1. The molecule has 1 atom stereocenters. The summed E-state index contributed by atoms with van der Waals surface area (Å²) in [4.78, 5) is 29.3. The molecule has 1 unspecified atom stereocenters. The van der Waals surface area contributed by atoms with Crippen molar-refractivity contribution in [2.45, 2.75) is 30.8 Å². The first kappa shape index (κ1) is 31.8. The second kappa shape index (κ2) is 14.3. The first-order chi connectivity index (χ1) is 20.6. The summed E-state index contributed by atoms with van der Waals surface area (Å²) in [5.41, 5.74) is 2.64. The Morgan fingerprint density at radius 2 is 1.53 bits per heavy atom. The summed E-state index contributed by atoms with van der Waals surface area (Å²) in [5, 5.41) is 2.69. The Hall–Kier alpha value is -4.15. The number of ether oxygens (including phenoxy) is 1. The minimum Gasteiger partial charge on any atom is -0.495 e. The highest BCUT2D eigenvalue weighted by molar-refractivity contribution is 9.10. The number of carbonyl (C=O) groups is 2. The van der Waals surface area contributed by atoms with Crippen LogP contribution >= 0.6 is 15.9 Å². The highest BCUT2D eigenvalue weighted by atomic mass is 79.9. The zero-order valence-electron chi connectivity index (χ0n) is 24.2. The highest BCUT2D eigenvalue weighted by Gasteiger charge is 2.35. The quantitative estimate of drug-likeness (QED) is 0.221. The van der Waals surface area contributed by atoms with Crippen LogP contribution in [-0.2, 0) is 32.6 Å². The van der Waals surface area contributed by atoms with Gasteiger partial charge >= 0.3 is 0 Å². The van der Waals surface area contributed by atoms with Gasteiger partial charge < -0.3 is 15.0 Å². The molecule has 0 spiro atoms. The van der Waals surface area contributed by atoms with Gasteiger partial charge in [-0.15, -0.1) is 0 Å². The lowest BCUT2D eigenvalue weighted by molar-refractivity contribution is -0.139. The fourth-order valence-electron chi connectivity index (χ4n) is 4.78. The third kappa shape index (κ3) is 7.82. The van der Waals surface area contributed by atoms with Crippen molar-refractivity contribution in [1.29, 1.82) is 0 Å². The van der Waals surface area contributed by atoms with Gasteiger partial charge in [0.05, 0.1) is 17.7 Å². The molecule has 10 heteroatoms. The first-order valence-corrected chi connectivity index (χ1v) is 15.9. The summed E-state index contributed by atoms with van der Waals surface area (Å²) in [6.45, 7) is 1.35. The first-order valence-electron chi connectivity index (χ1n) is 13.7. The summed E-state index contributed by atoms with van der Waals surface area (Å²) in [5.74, 6) is -0.617. The summed E-state index contributed by atoms with van der Waals surface area (Å²) in [7, 11) is -1.26. The van der Waals surface area contributed by atoms with E-state index < -0.39 is 28.5 Å². The van der Waals surface area contributed by atoms with Crippen molar-refractivity contribution in [3.05, 3.63) is 124 Å². The third-order valence-corrected chi connectivity index (χ3v) is 9.24. The number of anilines is 1. The van der Waals surface area contributed by atoms with Crippen molar-refractivity contribution < 1.29 is 22.7 Å². The van der Waals surface area contributed by atoms with Gasteiger partial charge in [-0.1, -0.05) is 82.7 Å². The largest absolute Gasteiger partial charge is 0.495 e. The van der Waals surface area contributed by atoms with Crippen LogP contribution < -0.4 is 14.4 Å². The molecule has 0 radical (unpaired) electrons. The molecule has 0 heterocycles. The summed E-state index contributed by atoms with van der Waals surface area (Å²) in [6.07, 6.45) is 0.236. The molecule has 8 nitrogen and oxygen atoms in total. The van der Waals surface area contributed by atoms with Gasteiger partial charge in [0.1, 0.15) is 18.3 Å². The number of nitrogens with zero attached hydrogens (tertiary/aromatic N) is 2. The molecule has 0 saturated heterocycles. The molecule has 43 heavy (non-hydrogen) atoms. The third-order valence-electron chi connectivity index (χ3n) is 6.97. The monoisotopic (exact) mass is 663 g/mol. The molecule has 4 aromatic rings. The van der Waals surface area contributed by atoms with Crippen LogP contribution in [0, 0.1) is 6.92 Å². The van der Waals surface area contributed by atoms with Gasteiger partial charge in [-0.05, 0) is 60.0 Å². The molecule has 4 rings (SSSR count). The van der Waals surface area contributed by atoms with Gasteiger partial charge in [-0.2, -0.15) is 0 Å². The topological polar surface area (TPSA) is 96.0 Å². The minimum absolute atomic E-state index is 0.0250. The van der Waals surface area contributed by atoms with Crippen LogP contribution in [0.15, 0.2) is 112 Å². The number of hydrogen-bond donors (Lipinski definition) is 1. The molecule has 0 saturated carbocycles. The Balaban J connectivity index is 1.83. The predicted octanol–water partition coefficient (Wildman–Crippen LogP) is 5.35. The standard InChI is InChI=1S/C33H34BrN3O5S/c1-24-17-18-31(42-3)29(19-24)37(43(40,41)28-15-8-5-9-16-28)23-32(38)36(22-26-13-10-14-27(34)20-26)30(33(39)35-2)21-25-11-6-4-7-12-25/h4-20,30H,21-23H2,1-3H3,(H,35,39). The number of methoxy groups -OCH3 is 1. The lowest BCUT2D eigenvalue weighted by Crippen LogP contribution is -2.53. The van der Waals surface area contributed by atoms with Crippen molar-refractivity contribution in [2.24, 2.45) is 0 Å². The predicted molar refractivity (Wildman–Crippen MR) is 171 cm³/mol.